The molecule has 1 aliphatic carbocycles. The molecule has 3 fully saturated rings. The fourth-order valence-electron chi connectivity index (χ4n) is 8.07. The van der Waals surface area contributed by atoms with Gasteiger partial charge >= 0.3 is 0 Å². The molecule has 0 saturated carbocycles. The minimum absolute atomic E-state index is 0.0666. The van der Waals surface area contributed by atoms with Crippen molar-refractivity contribution in [3.05, 3.63) is 88.2 Å². The van der Waals surface area contributed by atoms with Crippen LogP contribution in [0.15, 0.2) is 54.6 Å². The van der Waals surface area contributed by atoms with E-state index in [0.717, 1.165) is 27.9 Å². The van der Waals surface area contributed by atoms with E-state index in [1.165, 1.54) is 0 Å². The summed E-state index contributed by atoms with van der Waals surface area (Å²) in [7, 11) is 0. The molecule has 8 N–H and O–H groups in total. The molecule has 0 unspecified atom stereocenters. The standard InChI is InChI=1S/C41H44N2O11/c1-22-3-2-4-29(42-22)40(52)43-16-14-41(15-17-43)27-19-23(7-11-30-34(46)38(50)36(48)32(53-30)13-18-44)5-9-25(27)26-10-6-24(20-28(26)41)8-12-31-35(47)39(51)37(49)33(21-45)54-31/h2-6,9-10,19-20,30-39,44-51H,13-18,21H2,1H3/t30-,31-,32-,33-,34-,35-,36-,37-,38-,39-/m1/s1. The van der Waals surface area contributed by atoms with E-state index in [9.17, 15) is 45.6 Å². The Morgan fingerprint density at radius 3 is 1.81 bits per heavy atom. The molecule has 1 spiro atoms. The van der Waals surface area contributed by atoms with Gasteiger partial charge in [-0.25, -0.2) is 4.98 Å². The quantitative estimate of drug-likeness (QED) is 0.157. The van der Waals surface area contributed by atoms with E-state index in [2.05, 4.69) is 28.7 Å². The van der Waals surface area contributed by atoms with Crippen molar-refractivity contribution in [1.29, 1.82) is 0 Å². The zero-order valence-corrected chi connectivity index (χ0v) is 29.6. The molecule has 54 heavy (non-hydrogen) atoms. The summed E-state index contributed by atoms with van der Waals surface area (Å²) in [6, 6.07) is 17.0. The molecule has 4 heterocycles. The molecule has 13 nitrogen and oxygen atoms in total. The number of aryl methyl sites for hydroxylation is 1. The number of rotatable bonds is 4. The second-order valence-corrected chi connectivity index (χ2v) is 14.4. The Hall–Kier alpha value is -4.22. The number of nitrogens with zero attached hydrogens (tertiary/aromatic N) is 2. The number of aliphatic hydroxyl groups excluding tert-OH is 8. The van der Waals surface area contributed by atoms with Crippen LogP contribution in [0.25, 0.3) is 11.1 Å². The Kier molecular flexibility index (Phi) is 10.9. The highest BCUT2D eigenvalue weighted by Gasteiger charge is 2.47. The smallest absolute Gasteiger partial charge is 0.272 e. The molecule has 10 atom stereocenters. The third-order valence-corrected chi connectivity index (χ3v) is 11.1. The number of amides is 1. The van der Waals surface area contributed by atoms with Gasteiger partial charge in [-0.15, -0.1) is 0 Å². The Morgan fingerprint density at radius 1 is 0.759 bits per heavy atom. The van der Waals surface area contributed by atoms with Crippen LogP contribution < -0.4 is 0 Å². The molecule has 7 rings (SSSR count). The lowest BCUT2D eigenvalue weighted by Gasteiger charge is -2.41. The molecule has 0 radical (unpaired) electrons. The van der Waals surface area contributed by atoms with E-state index in [4.69, 9.17) is 9.47 Å². The summed E-state index contributed by atoms with van der Waals surface area (Å²) in [5.41, 5.74) is 5.79. The van der Waals surface area contributed by atoms with E-state index in [0.29, 0.717) is 42.8 Å². The third-order valence-electron chi connectivity index (χ3n) is 11.1. The summed E-state index contributed by atoms with van der Waals surface area (Å²) in [5, 5.41) is 81.3. The first-order valence-electron chi connectivity index (χ1n) is 18.1. The Morgan fingerprint density at radius 2 is 1.30 bits per heavy atom. The number of pyridine rings is 1. The molecule has 3 aliphatic heterocycles. The van der Waals surface area contributed by atoms with Crippen molar-refractivity contribution >= 4 is 5.91 Å². The van der Waals surface area contributed by atoms with Crippen LogP contribution in [-0.2, 0) is 14.9 Å². The summed E-state index contributed by atoms with van der Waals surface area (Å²) >= 11 is 0. The van der Waals surface area contributed by atoms with E-state index < -0.39 is 73.1 Å². The molecule has 2 aromatic carbocycles. The zero-order chi connectivity index (χ0) is 38.3. The average molecular weight is 741 g/mol. The van der Waals surface area contributed by atoms with E-state index in [1.807, 2.05) is 55.5 Å². The zero-order valence-electron chi connectivity index (χ0n) is 29.6. The van der Waals surface area contributed by atoms with Gasteiger partial charge in [0.05, 0.1) is 12.7 Å². The number of carbonyl (C=O) groups excluding carboxylic acids is 1. The number of hydrogen-bond donors (Lipinski definition) is 8. The maximum Gasteiger partial charge on any atom is 0.272 e. The monoisotopic (exact) mass is 740 g/mol. The lowest BCUT2D eigenvalue weighted by atomic mass is 9.70. The van der Waals surface area contributed by atoms with Crippen LogP contribution in [0.2, 0.25) is 0 Å². The molecule has 13 heteroatoms. The lowest BCUT2D eigenvalue weighted by molar-refractivity contribution is -0.214. The molecule has 284 valence electrons. The van der Waals surface area contributed by atoms with Gasteiger partial charge < -0.3 is 55.2 Å². The molecular weight excluding hydrogens is 696 g/mol. The number of aromatic nitrogens is 1. The largest absolute Gasteiger partial charge is 0.396 e. The van der Waals surface area contributed by atoms with E-state index >= 15 is 0 Å². The van der Waals surface area contributed by atoms with Crippen LogP contribution in [0, 0.1) is 30.6 Å². The minimum Gasteiger partial charge on any atom is -0.396 e. The van der Waals surface area contributed by atoms with Gasteiger partial charge in [0.15, 0.2) is 0 Å². The first kappa shape index (κ1) is 38.1. The van der Waals surface area contributed by atoms with Gasteiger partial charge in [0, 0.05) is 41.9 Å². The Balaban J connectivity index is 1.22. The highest BCUT2D eigenvalue weighted by Crippen LogP contribution is 2.54. The van der Waals surface area contributed by atoms with Crippen LogP contribution in [0.3, 0.4) is 0 Å². The minimum atomic E-state index is -1.54. The molecule has 1 aromatic heterocycles. The van der Waals surface area contributed by atoms with Gasteiger partial charge in [-0.3, -0.25) is 4.79 Å². The van der Waals surface area contributed by atoms with Crippen LogP contribution in [-0.4, -0.2) is 144 Å². The first-order chi connectivity index (χ1) is 25.9. The van der Waals surface area contributed by atoms with Crippen LogP contribution >= 0.6 is 0 Å². The Labute approximate surface area is 312 Å². The van der Waals surface area contributed by atoms with Crippen molar-refractivity contribution in [2.24, 2.45) is 0 Å². The van der Waals surface area contributed by atoms with Gasteiger partial charge in [-0.05, 0) is 84.8 Å². The molecule has 4 aliphatic rings. The number of fused-ring (bicyclic) bond motifs is 5. The summed E-state index contributed by atoms with van der Waals surface area (Å²) in [5.74, 6) is 11.8. The second kappa shape index (κ2) is 15.5. The predicted molar refractivity (Wildman–Crippen MR) is 193 cm³/mol. The maximum atomic E-state index is 13.5. The summed E-state index contributed by atoms with van der Waals surface area (Å²) in [6.07, 6.45) is -11.9. The second-order valence-electron chi connectivity index (χ2n) is 14.4. The predicted octanol–water partition coefficient (Wildman–Crippen LogP) is -0.629. The fraction of sp³-hybridized carbons (Fsp3) is 0.463. The molecule has 3 saturated heterocycles. The van der Waals surface area contributed by atoms with Crippen molar-refractivity contribution in [2.75, 3.05) is 26.3 Å². The van der Waals surface area contributed by atoms with Gasteiger partial charge in [-0.1, -0.05) is 41.9 Å². The molecule has 0 bridgehead atoms. The third kappa shape index (κ3) is 6.94. The van der Waals surface area contributed by atoms with Gasteiger partial charge in [0.25, 0.3) is 5.91 Å². The van der Waals surface area contributed by atoms with Crippen molar-refractivity contribution in [3.63, 3.8) is 0 Å². The van der Waals surface area contributed by atoms with Crippen LogP contribution in [0.1, 0.15) is 57.7 Å². The van der Waals surface area contributed by atoms with Crippen molar-refractivity contribution in [3.8, 4) is 34.8 Å². The van der Waals surface area contributed by atoms with Gasteiger partial charge in [0.2, 0.25) is 0 Å². The molecule has 1 amide bonds. The number of piperidine rings is 1. The number of aliphatic hydroxyl groups is 8. The van der Waals surface area contributed by atoms with Crippen LogP contribution in [0.4, 0.5) is 0 Å². The van der Waals surface area contributed by atoms with Crippen LogP contribution in [0.5, 0.6) is 0 Å². The normalized spacial score (nSPS) is 31.1. The van der Waals surface area contributed by atoms with Crippen molar-refractivity contribution in [2.45, 2.75) is 92.6 Å². The van der Waals surface area contributed by atoms with E-state index in [-0.39, 0.29) is 18.9 Å². The summed E-state index contributed by atoms with van der Waals surface area (Å²) in [6.45, 7) is 1.89. The van der Waals surface area contributed by atoms with Crippen molar-refractivity contribution in [1.82, 2.24) is 9.88 Å². The van der Waals surface area contributed by atoms with Gasteiger partial charge in [0.1, 0.15) is 60.6 Å². The summed E-state index contributed by atoms with van der Waals surface area (Å²) in [4.78, 5) is 19.8. The topological polar surface area (TPSA) is 214 Å². The first-order valence-corrected chi connectivity index (χ1v) is 18.1. The SMILES string of the molecule is Cc1cccc(C(=O)N2CCC3(CC2)c2cc(C#C[C@H]4O[C@H](CO)[C@@H](O)[C@H](O)[C@@H]4O)ccc2-c2ccc(C#C[C@H]4O[C@H](CCO)[C@@H](O)[C@H](O)[C@@H]4O)cc23)n1. The number of benzene rings is 2. The average Bonchev–Trinajstić information content (AvgIpc) is 3.43. The summed E-state index contributed by atoms with van der Waals surface area (Å²) < 4.78 is 11.4. The Bertz CT molecular complexity index is 2010. The number of ether oxygens (including phenoxy) is 2. The van der Waals surface area contributed by atoms with Gasteiger partial charge in [-0.2, -0.15) is 0 Å². The molecular formula is C41H44N2O11. The fourth-order valence-corrected chi connectivity index (χ4v) is 8.07. The number of likely N-dealkylation sites (tertiary alicyclic amines) is 1. The highest BCUT2D eigenvalue weighted by molar-refractivity contribution is 5.92. The van der Waals surface area contributed by atoms with Crippen molar-refractivity contribution < 1.29 is 55.1 Å². The molecule has 3 aromatic rings. The number of carbonyl (C=O) groups is 1. The number of hydrogen-bond acceptors (Lipinski definition) is 12. The highest BCUT2D eigenvalue weighted by atomic mass is 16.5. The van der Waals surface area contributed by atoms with E-state index in [1.54, 1.807) is 11.0 Å². The lowest BCUT2D eigenvalue weighted by Crippen LogP contribution is -2.58. The maximum absolute atomic E-state index is 13.5.